The fraction of sp³-hybridized carbons (Fsp3) is 0.167. The Morgan fingerprint density at radius 2 is 2.06 bits per heavy atom. The van der Waals surface area contributed by atoms with Crippen molar-refractivity contribution < 1.29 is 32.8 Å². The van der Waals surface area contributed by atoms with Gasteiger partial charge in [-0.3, -0.25) is 15.3 Å². The van der Waals surface area contributed by atoms with E-state index < -0.39 is 11.9 Å². The van der Waals surface area contributed by atoms with Crippen molar-refractivity contribution in [3.63, 3.8) is 0 Å². The minimum Gasteiger partial charge on any atom is -0.493 e. The van der Waals surface area contributed by atoms with Crippen molar-refractivity contribution in [1.82, 2.24) is 10.2 Å². The van der Waals surface area contributed by atoms with Crippen LogP contribution in [0.4, 0.5) is 10.1 Å². The molecule has 0 aliphatic carbocycles. The van der Waals surface area contributed by atoms with Gasteiger partial charge in [-0.05, 0) is 41.8 Å². The van der Waals surface area contributed by atoms with Crippen molar-refractivity contribution in [3.05, 3.63) is 86.5 Å². The maximum atomic E-state index is 13.9. The average Bonchev–Trinajstić information content (AvgIpc) is 3.18. The molecule has 0 bridgehead atoms. The number of hydrogen-bond acceptors (Lipinski definition) is 5. The second-order valence-electron chi connectivity index (χ2n) is 6.99. The van der Waals surface area contributed by atoms with E-state index in [-0.39, 0.29) is 51.8 Å². The van der Waals surface area contributed by atoms with Crippen molar-refractivity contribution in [2.24, 2.45) is 5.92 Å². The van der Waals surface area contributed by atoms with Crippen LogP contribution in [-0.2, 0) is 11.2 Å². The van der Waals surface area contributed by atoms with E-state index in [1.165, 1.54) is 6.20 Å². The minimum absolute atomic E-state index is 0. The van der Waals surface area contributed by atoms with Gasteiger partial charge in [0.15, 0.2) is 5.78 Å². The molecule has 0 amide bonds. The van der Waals surface area contributed by atoms with Gasteiger partial charge in [-0.15, -0.1) is 6.54 Å². The first-order valence-electron chi connectivity index (χ1n) is 9.38. The van der Waals surface area contributed by atoms with Gasteiger partial charge in [-0.2, -0.15) is 9.49 Å². The topological polar surface area (TPSA) is 90.9 Å². The zero-order valence-corrected chi connectivity index (χ0v) is 19.7. The minimum atomic E-state index is -0.550. The van der Waals surface area contributed by atoms with Crippen LogP contribution in [0.1, 0.15) is 11.1 Å². The first-order valence-corrected chi connectivity index (χ1v) is 9.76. The number of carbonyl (C=O) groups is 1. The third kappa shape index (κ3) is 5.86. The van der Waals surface area contributed by atoms with E-state index in [4.69, 9.17) is 21.7 Å². The molecule has 1 aliphatic heterocycles. The van der Waals surface area contributed by atoms with Gasteiger partial charge < -0.3 is 31.8 Å². The Bertz CT molecular complexity index is 1140. The molecule has 3 aromatic rings. The summed E-state index contributed by atoms with van der Waals surface area (Å²) < 4.78 is 19.6. The summed E-state index contributed by atoms with van der Waals surface area (Å²) in [4.78, 5) is 13.1. The smallest absolute Gasteiger partial charge is 0.493 e. The molecule has 0 radical (unpaired) electrons. The summed E-state index contributed by atoms with van der Waals surface area (Å²) in [6, 6.07) is 10.3. The third-order valence-corrected chi connectivity index (χ3v) is 5.29. The van der Waals surface area contributed by atoms with E-state index in [1.54, 1.807) is 36.4 Å². The van der Waals surface area contributed by atoms with Gasteiger partial charge >= 0.3 is 18.9 Å². The first-order chi connectivity index (χ1) is 14.5. The van der Waals surface area contributed by atoms with Crippen LogP contribution >= 0.6 is 11.6 Å². The number of anilines is 1. The number of nitrogens with zero attached hydrogens (tertiary/aromatic N) is 1. The number of benzene rings is 2. The Morgan fingerprint density at radius 3 is 2.73 bits per heavy atom. The van der Waals surface area contributed by atoms with Gasteiger partial charge in [-0.25, -0.2) is 0 Å². The molecule has 0 saturated heterocycles. The fourth-order valence-corrected chi connectivity index (χ4v) is 3.75. The van der Waals surface area contributed by atoms with Crippen LogP contribution in [0.25, 0.3) is 11.1 Å². The molecule has 9 heteroatoms. The second-order valence-corrected chi connectivity index (χ2v) is 7.42. The maximum absolute atomic E-state index is 13.9. The number of fused-ring (bicyclic) bond motifs is 1. The molecule has 1 atom stereocenters. The van der Waals surface area contributed by atoms with Gasteiger partial charge in [0.05, 0.1) is 24.3 Å². The predicted octanol–water partition coefficient (Wildman–Crippen LogP) is 2.21. The Labute approximate surface area is 211 Å². The molecule has 1 aromatic heterocycles. The number of ether oxygens (including phenoxy) is 1. The van der Waals surface area contributed by atoms with E-state index in [1.807, 2.05) is 0 Å². The molecule has 0 fully saturated rings. The predicted molar refractivity (Wildman–Crippen MR) is 127 cm³/mol. The van der Waals surface area contributed by atoms with Gasteiger partial charge in [0.2, 0.25) is 5.95 Å². The summed E-state index contributed by atoms with van der Waals surface area (Å²) in [5, 5.41) is 18.1. The molecule has 1 aliphatic rings. The SMILES string of the molecule is [CH2-]CNc1cc(-c2cn[nH]c2F)ccc1C(=N)C(=O)C1COc2ccc(Cl)cc2C1.[CH3-].[CH3-].[Li+]. The number of ketones is 1. The Hall–Kier alpha value is -2.59. The van der Waals surface area contributed by atoms with Crippen LogP contribution in [0.15, 0.2) is 42.6 Å². The number of halogens is 2. The monoisotopic (exact) mass is 462 g/mol. The molecule has 0 saturated carbocycles. The molecule has 33 heavy (non-hydrogen) atoms. The Morgan fingerprint density at radius 1 is 1.30 bits per heavy atom. The number of nitrogens with one attached hydrogen (secondary N) is 3. The molecule has 170 valence electrons. The largest absolute Gasteiger partial charge is 1.00 e. The van der Waals surface area contributed by atoms with E-state index in [9.17, 15) is 9.18 Å². The van der Waals surface area contributed by atoms with E-state index in [0.717, 1.165) is 5.56 Å². The van der Waals surface area contributed by atoms with Crippen LogP contribution in [0, 0.1) is 39.1 Å². The average molecular weight is 463 g/mol. The first kappa shape index (κ1) is 28.4. The molecular weight excluding hydrogens is 438 g/mol. The molecule has 6 nitrogen and oxygen atoms in total. The van der Waals surface area contributed by atoms with Crippen LogP contribution in [0.5, 0.6) is 5.75 Å². The van der Waals surface area contributed by atoms with Crippen LogP contribution in [-0.4, -0.2) is 34.8 Å². The van der Waals surface area contributed by atoms with Crippen molar-refractivity contribution in [2.45, 2.75) is 6.42 Å². The van der Waals surface area contributed by atoms with Crippen molar-refractivity contribution in [1.29, 1.82) is 5.41 Å². The van der Waals surface area contributed by atoms with E-state index in [2.05, 4.69) is 22.4 Å². The van der Waals surface area contributed by atoms with E-state index >= 15 is 0 Å². The van der Waals surface area contributed by atoms with Gasteiger partial charge in [0.1, 0.15) is 11.5 Å². The molecule has 2 aromatic carbocycles. The third-order valence-electron chi connectivity index (χ3n) is 5.05. The molecule has 0 spiro atoms. The normalized spacial score (nSPS) is 13.8. The number of H-pyrrole nitrogens is 1. The number of aromatic amines is 1. The van der Waals surface area contributed by atoms with Crippen LogP contribution in [0.2, 0.25) is 5.02 Å². The summed E-state index contributed by atoms with van der Waals surface area (Å²) in [6.45, 7) is 4.31. The van der Waals surface area contributed by atoms with E-state index in [0.29, 0.717) is 46.1 Å². The summed E-state index contributed by atoms with van der Waals surface area (Å²) in [5.41, 5.74) is 2.55. The number of Topliss-reactive ketones (excluding diaryl/α,β-unsaturated/α-hetero) is 1. The van der Waals surface area contributed by atoms with Crippen LogP contribution < -0.4 is 28.9 Å². The summed E-state index contributed by atoms with van der Waals surface area (Å²) in [6.07, 6.45) is 1.84. The standard InChI is InChI=1S/C22H19ClFN4O2.2CH3.Li/c1-2-26-18-9-12(17-10-27-28-22(17)24)3-5-16(18)20(25)21(29)14-7-13-8-15(23)4-6-19(13)30-11-14;;;/h3-6,8-10,14,25-26H,1-2,7,11H2,(H,27,28);2*1H3;/q3*-1;+1. The molecule has 2 heterocycles. The summed E-state index contributed by atoms with van der Waals surface area (Å²) >= 11 is 6.06. The number of carbonyl (C=O) groups excluding carboxylic acids is 1. The van der Waals surface area contributed by atoms with Gasteiger partial charge in [-0.1, -0.05) is 23.7 Å². The zero-order chi connectivity index (χ0) is 21.3. The fourth-order valence-electron chi connectivity index (χ4n) is 3.55. The van der Waals surface area contributed by atoms with Gasteiger partial charge in [0, 0.05) is 16.3 Å². The maximum Gasteiger partial charge on any atom is 1.00 e. The zero-order valence-electron chi connectivity index (χ0n) is 19.0. The second kappa shape index (κ2) is 12.0. The quantitative estimate of drug-likeness (QED) is 0.297. The Kier molecular flexibility index (Phi) is 10.4. The van der Waals surface area contributed by atoms with Crippen molar-refractivity contribution in [3.8, 4) is 16.9 Å². The number of aromatic nitrogens is 2. The Balaban J connectivity index is 0.00000181. The number of rotatable bonds is 6. The van der Waals surface area contributed by atoms with Crippen molar-refractivity contribution in [2.75, 3.05) is 18.5 Å². The van der Waals surface area contributed by atoms with Crippen LogP contribution in [0.3, 0.4) is 0 Å². The molecular formula is C24H25ClFLiN4O2-2. The molecule has 1 unspecified atom stereocenters. The summed E-state index contributed by atoms with van der Waals surface area (Å²) in [5.74, 6) is -0.649. The molecule has 4 rings (SSSR count). The summed E-state index contributed by atoms with van der Waals surface area (Å²) in [7, 11) is 0. The number of hydrogen-bond donors (Lipinski definition) is 3. The van der Waals surface area contributed by atoms with Gasteiger partial charge in [0.25, 0.3) is 0 Å². The van der Waals surface area contributed by atoms with Crippen molar-refractivity contribution >= 4 is 28.8 Å². The molecule has 3 N–H and O–H groups in total.